The van der Waals surface area contributed by atoms with Crippen LogP contribution in [0.15, 0.2) is 39.4 Å². The van der Waals surface area contributed by atoms with Crippen molar-refractivity contribution in [3.63, 3.8) is 0 Å². The predicted octanol–water partition coefficient (Wildman–Crippen LogP) is 1.69. The third kappa shape index (κ3) is 4.91. The molecule has 3 heterocycles. The second kappa shape index (κ2) is 10.6. The van der Waals surface area contributed by atoms with Crippen LogP contribution in [0.1, 0.15) is 37.0 Å². The molecule has 4 rings (SSSR count). The number of anilines is 1. The number of methoxy groups -OCH3 is 2. The molecule has 0 radical (unpaired) electrons. The van der Waals surface area contributed by atoms with Crippen molar-refractivity contribution in [2.24, 2.45) is 12.8 Å². The summed E-state index contributed by atoms with van der Waals surface area (Å²) in [6.07, 6.45) is 3.83. The SMILES string of the molecule is COc1cccc(C(=O)Cn2c(=O)c3c(nc(N4CCCC(N)C4)n3CC=C(C)C)n(C)c2=O)c1OC. The average molecular weight is 511 g/mol. The van der Waals surface area contributed by atoms with Gasteiger partial charge in [0.15, 0.2) is 28.4 Å². The molecule has 1 fully saturated rings. The summed E-state index contributed by atoms with van der Waals surface area (Å²) >= 11 is 0. The second-order valence-electron chi connectivity index (χ2n) is 9.52. The standard InChI is InChI=1S/C26H34N6O5/c1-16(2)11-13-31-21-23(28-25(31)30-12-7-8-17(27)14-30)29(3)26(35)32(24(21)34)15-19(33)18-9-6-10-20(36-4)22(18)37-5/h6,9-11,17H,7-8,12-15,27H2,1-5H3. The van der Waals surface area contributed by atoms with Gasteiger partial charge < -0.3 is 24.7 Å². The van der Waals surface area contributed by atoms with E-state index < -0.39 is 23.6 Å². The van der Waals surface area contributed by atoms with Gasteiger partial charge in [0.05, 0.1) is 26.3 Å². The molecule has 1 aliphatic rings. The number of nitrogens with zero attached hydrogens (tertiary/aromatic N) is 5. The number of carbonyl (C=O) groups is 1. The Kier molecular flexibility index (Phi) is 7.53. The maximum atomic E-state index is 13.8. The van der Waals surface area contributed by atoms with Crippen LogP contribution in [-0.2, 0) is 20.1 Å². The zero-order valence-electron chi connectivity index (χ0n) is 22.0. The number of ketones is 1. The number of hydrogen-bond acceptors (Lipinski definition) is 8. The third-order valence-corrected chi connectivity index (χ3v) is 6.64. The average Bonchev–Trinajstić information content (AvgIpc) is 3.27. The molecule has 11 nitrogen and oxygen atoms in total. The van der Waals surface area contributed by atoms with E-state index in [9.17, 15) is 14.4 Å². The van der Waals surface area contributed by atoms with E-state index in [2.05, 4.69) is 4.90 Å². The molecule has 2 N–H and O–H groups in total. The number of nitrogens with two attached hydrogens (primary N) is 1. The van der Waals surface area contributed by atoms with Crippen LogP contribution in [-0.4, -0.2) is 57.8 Å². The Balaban J connectivity index is 1.88. The largest absolute Gasteiger partial charge is 0.493 e. The molecule has 1 unspecified atom stereocenters. The number of Topliss-reactive ketones (excluding diaryl/α,β-unsaturated/α-hetero) is 1. The molecule has 1 saturated heterocycles. The summed E-state index contributed by atoms with van der Waals surface area (Å²) in [5, 5.41) is 0. The van der Waals surface area contributed by atoms with Crippen LogP contribution in [0.25, 0.3) is 11.2 Å². The van der Waals surface area contributed by atoms with Crippen LogP contribution in [0.4, 0.5) is 5.95 Å². The van der Waals surface area contributed by atoms with E-state index in [1.54, 1.807) is 25.2 Å². The quantitative estimate of drug-likeness (QED) is 0.358. The lowest BCUT2D eigenvalue weighted by molar-refractivity contribution is 0.0965. The van der Waals surface area contributed by atoms with E-state index in [0.717, 1.165) is 29.5 Å². The number of aryl methyl sites for hydroxylation is 1. The Labute approximate surface area is 214 Å². The highest BCUT2D eigenvalue weighted by Gasteiger charge is 2.27. The first-order valence-electron chi connectivity index (χ1n) is 12.3. The third-order valence-electron chi connectivity index (χ3n) is 6.64. The number of ether oxygens (including phenoxy) is 2. The van der Waals surface area contributed by atoms with Crippen LogP contribution in [0.5, 0.6) is 11.5 Å². The van der Waals surface area contributed by atoms with Gasteiger partial charge in [0.2, 0.25) is 5.95 Å². The monoisotopic (exact) mass is 510 g/mol. The summed E-state index contributed by atoms with van der Waals surface area (Å²) in [7, 11) is 4.46. The minimum absolute atomic E-state index is 0.00130. The first kappa shape index (κ1) is 26.2. The molecule has 3 aromatic rings. The predicted molar refractivity (Wildman–Crippen MR) is 142 cm³/mol. The van der Waals surface area contributed by atoms with Crippen LogP contribution >= 0.6 is 0 Å². The van der Waals surface area contributed by atoms with Gasteiger partial charge in [0.25, 0.3) is 5.56 Å². The minimum Gasteiger partial charge on any atom is -0.493 e. The van der Waals surface area contributed by atoms with Crippen molar-refractivity contribution in [3.8, 4) is 11.5 Å². The van der Waals surface area contributed by atoms with Crippen molar-refractivity contribution in [1.82, 2.24) is 18.7 Å². The zero-order valence-corrected chi connectivity index (χ0v) is 22.0. The number of hydrogen-bond donors (Lipinski definition) is 1. The molecule has 11 heteroatoms. The molecule has 0 bridgehead atoms. The molecule has 1 aliphatic heterocycles. The summed E-state index contributed by atoms with van der Waals surface area (Å²) in [4.78, 5) is 47.2. The fraction of sp³-hybridized carbons (Fsp3) is 0.462. The summed E-state index contributed by atoms with van der Waals surface area (Å²) < 4.78 is 14.8. The fourth-order valence-electron chi connectivity index (χ4n) is 4.71. The summed E-state index contributed by atoms with van der Waals surface area (Å²) in [5.74, 6) is 0.770. The Hall–Kier alpha value is -3.86. The highest BCUT2D eigenvalue weighted by atomic mass is 16.5. The molecule has 1 aromatic carbocycles. The van der Waals surface area contributed by atoms with Crippen molar-refractivity contribution < 1.29 is 14.3 Å². The van der Waals surface area contributed by atoms with E-state index >= 15 is 0 Å². The fourth-order valence-corrected chi connectivity index (χ4v) is 4.71. The van der Waals surface area contributed by atoms with Gasteiger partial charge in [-0.25, -0.2) is 4.79 Å². The van der Waals surface area contributed by atoms with Crippen molar-refractivity contribution in [3.05, 3.63) is 56.2 Å². The van der Waals surface area contributed by atoms with Crippen molar-refractivity contribution in [2.45, 2.75) is 45.8 Å². The van der Waals surface area contributed by atoms with Gasteiger partial charge in [-0.2, -0.15) is 4.98 Å². The van der Waals surface area contributed by atoms with E-state index in [1.165, 1.54) is 18.8 Å². The molecule has 1 atom stereocenters. The normalized spacial score (nSPS) is 15.6. The molecular formula is C26H34N6O5. The van der Waals surface area contributed by atoms with Crippen LogP contribution in [0.3, 0.4) is 0 Å². The van der Waals surface area contributed by atoms with Gasteiger partial charge in [0.1, 0.15) is 0 Å². The Morgan fingerprint density at radius 3 is 2.59 bits per heavy atom. The van der Waals surface area contributed by atoms with Gasteiger partial charge in [-0.3, -0.25) is 18.7 Å². The first-order chi connectivity index (χ1) is 17.7. The molecule has 37 heavy (non-hydrogen) atoms. The van der Waals surface area contributed by atoms with Gasteiger partial charge in [-0.15, -0.1) is 0 Å². The summed E-state index contributed by atoms with van der Waals surface area (Å²) in [5.41, 5.74) is 6.86. The molecule has 0 aliphatic carbocycles. The number of piperidine rings is 1. The molecule has 2 aromatic heterocycles. The topological polar surface area (TPSA) is 127 Å². The van der Waals surface area contributed by atoms with E-state index in [0.29, 0.717) is 24.8 Å². The number of imidazole rings is 1. The van der Waals surface area contributed by atoms with E-state index in [4.69, 9.17) is 20.2 Å². The number of benzene rings is 1. The number of fused-ring (bicyclic) bond motifs is 1. The Morgan fingerprint density at radius 1 is 1.19 bits per heavy atom. The van der Waals surface area contributed by atoms with Crippen LogP contribution < -0.4 is 31.4 Å². The lowest BCUT2D eigenvalue weighted by atomic mass is 10.1. The van der Waals surface area contributed by atoms with E-state index in [-0.39, 0.29) is 28.5 Å². The van der Waals surface area contributed by atoms with Crippen molar-refractivity contribution in [1.29, 1.82) is 0 Å². The lowest BCUT2D eigenvalue weighted by Crippen LogP contribution is -2.44. The van der Waals surface area contributed by atoms with Crippen molar-refractivity contribution in [2.75, 3.05) is 32.2 Å². The maximum Gasteiger partial charge on any atom is 0.332 e. The maximum absolute atomic E-state index is 13.8. The summed E-state index contributed by atoms with van der Waals surface area (Å²) in [6.45, 7) is 5.25. The Morgan fingerprint density at radius 2 is 1.95 bits per heavy atom. The number of allylic oxidation sites excluding steroid dienone is 2. The number of carbonyl (C=O) groups excluding carboxylic acids is 1. The van der Waals surface area contributed by atoms with E-state index in [1.807, 2.05) is 24.5 Å². The number of para-hydroxylation sites is 1. The smallest absolute Gasteiger partial charge is 0.332 e. The highest BCUT2D eigenvalue weighted by molar-refractivity contribution is 5.99. The molecule has 0 spiro atoms. The zero-order chi connectivity index (χ0) is 26.9. The number of aromatic nitrogens is 4. The van der Waals surface area contributed by atoms with Crippen LogP contribution in [0.2, 0.25) is 0 Å². The van der Waals surface area contributed by atoms with Gasteiger partial charge >= 0.3 is 5.69 Å². The molecule has 198 valence electrons. The molecular weight excluding hydrogens is 476 g/mol. The first-order valence-corrected chi connectivity index (χ1v) is 12.3. The van der Waals surface area contributed by atoms with Crippen LogP contribution in [0, 0.1) is 0 Å². The lowest BCUT2D eigenvalue weighted by Gasteiger charge is -2.31. The molecule has 0 amide bonds. The van der Waals surface area contributed by atoms with Gasteiger partial charge in [0, 0.05) is 32.7 Å². The van der Waals surface area contributed by atoms with Gasteiger partial charge in [-0.05, 0) is 38.8 Å². The Bertz CT molecular complexity index is 1480. The second-order valence-corrected chi connectivity index (χ2v) is 9.52. The van der Waals surface area contributed by atoms with Gasteiger partial charge in [-0.1, -0.05) is 17.7 Å². The highest BCUT2D eigenvalue weighted by Crippen LogP contribution is 2.31. The molecule has 0 saturated carbocycles. The minimum atomic E-state index is -0.624. The summed E-state index contributed by atoms with van der Waals surface area (Å²) in [6, 6.07) is 4.90. The number of rotatable bonds is 8. The van der Waals surface area contributed by atoms with Crippen molar-refractivity contribution >= 4 is 22.9 Å².